The molecule has 3 heteroatoms. The normalized spacial score (nSPS) is 14.9. The van der Waals surface area contributed by atoms with Crippen molar-refractivity contribution in [2.24, 2.45) is 0 Å². The van der Waals surface area contributed by atoms with Crippen molar-refractivity contribution in [2.75, 3.05) is 0 Å². The summed E-state index contributed by atoms with van der Waals surface area (Å²) in [6.45, 7) is 0. The molecule has 0 amide bonds. The Labute approximate surface area is 135 Å². The fraction of sp³-hybridized carbons (Fsp3) is 0.235. The summed E-state index contributed by atoms with van der Waals surface area (Å²) >= 11 is 6.92. The predicted molar refractivity (Wildman–Crippen MR) is 88.3 cm³/mol. The van der Waals surface area contributed by atoms with E-state index in [0.29, 0.717) is 11.5 Å². The summed E-state index contributed by atoms with van der Waals surface area (Å²) in [6, 6.07) is 13.7. The number of hydrogen-bond acceptors (Lipinski definition) is 1. The average molecular weight is 394 g/mol. The van der Waals surface area contributed by atoms with Crippen LogP contribution in [0.2, 0.25) is 0 Å². The van der Waals surface area contributed by atoms with Gasteiger partial charge in [0.15, 0.2) is 5.78 Å². The minimum Gasteiger partial charge on any atom is -0.289 e. The smallest absolute Gasteiger partial charge is 0.194 e. The molecule has 1 fully saturated rings. The van der Waals surface area contributed by atoms with Crippen LogP contribution in [0.5, 0.6) is 0 Å². The number of carbonyl (C=O) groups is 1. The number of ketones is 1. The number of rotatable bonds is 3. The van der Waals surface area contributed by atoms with Gasteiger partial charge in [-0.3, -0.25) is 4.79 Å². The fourth-order valence-electron chi connectivity index (χ4n) is 2.60. The third-order valence-electron chi connectivity index (χ3n) is 3.92. The molecule has 2 aromatic rings. The molecule has 0 N–H and O–H groups in total. The number of benzene rings is 2. The van der Waals surface area contributed by atoms with Crippen LogP contribution in [0.15, 0.2) is 51.4 Å². The molecule has 2 aromatic carbocycles. The molecule has 20 heavy (non-hydrogen) atoms. The minimum absolute atomic E-state index is 0.0978. The topological polar surface area (TPSA) is 17.1 Å². The summed E-state index contributed by atoms with van der Waals surface area (Å²) in [6.07, 6.45) is 3.67. The highest BCUT2D eigenvalue weighted by Gasteiger charge is 2.25. The first kappa shape index (κ1) is 14.0. The lowest BCUT2D eigenvalue weighted by molar-refractivity contribution is 0.103. The SMILES string of the molecule is O=C(c1cc(Br)ccc1Br)c1ccccc1C1CCC1. The number of halogens is 2. The van der Waals surface area contributed by atoms with Crippen LogP contribution in [0.1, 0.15) is 46.7 Å². The van der Waals surface area contributed by atoms with Gasteiger partial charge in [-0.25, -0.2) is 0 Å². The van der Waals surface area contributed by atoms with Gasteiger partial charge in [-0.15, -0.1) is 0 Å². The Morgan fingerprint density at radius 2 is 1.75 bits per heavy atom. The Hall–Kier alpha value is -0.930. The molecular formula is C17H14Br2O. The number of hydrogen-bond donors (Lipinski definition) is 0. The van der Waals surface area contributed by atoms with Gasteiger partial charge in [-0.2, -0.15) is 0 Å². The van der Waals surface area contributed by atoms with Crippen LogP contribution in [-0.2, 0) is 0 Å². The van der Waals surface area contributed by atoms with E-state index in [9.17, 15) is 4.79 Å². The first-order valence-electron chi connectivity index (χ1n) is 6.75. The lowest BCUT2D eigenvalue weighted by atomic mass is 9.77. The van der Waals surface area contributed by atoms with Crippen LogP contribution >= 0.6 is 31.9 Å². The zero-order chi connectivity index (χ0) is 14.1. The van der Waals surface area contributed by atoms with Gasteiger partial charge in [0, 0.05) is 20.1 Å². The molecular weight excluding hydrogens is 380 g/mol. The lowest BCUT2D eigenvalue weighted by Crippen LogP contribution is -2.14. The molecule has 0 bridgehead atoms. The van der Waals surface area contributed by atoms with Gasteiger partial charge in [-0.05, 0) is 42.5 Å². The van der Waals surface area contributed by atoms with E-state index in [1.165, 1.54) is 24.8 Å². The first-order valence-corrected chi connectivity index (χ1v) is 8.34. The molecule has 1 aliphatic carbocycles. The summed E-state index contributed by atoms with van der Waals surface area (Å²) in [5.41, 5.74) is 2.76. The highest BCUT2D eigenvalue weighted by Crippen LogP contribution is 2.38. The van der Waals surface area contributed by atoms with Gasteiger partial charge in [0.2, 0.25) is 0 Å². The third kappa shape index (κ3) is 2.61. The second-order valence-corrected chi connectivity index (χ2v) is 6.94. The minimum atomic E-state index is 0.0978. The van der Waals surface area contributed by atoms with E-state index in [0.717, 1.165) is 14.5 Å². The summed E-state index contributed by atoms with van der Waals surface area (Å²) in [5, 5.41) is 0. The van der Waals surface area contributed by atoms with Gasteiger partial charge in [0.25, 0.3) is 0 Å². The van der Waals surface area contributed by atoms with Crippen molar-refractivity contribution >= 4 is 37.6 Å². The van der Waals surface area contributed by atoms with Crippen molar-refractivity contribution < 1.29 is 4.79 Å². The van der Waals surface area contributed by atoms with E-state index < -0.39 is 0 Å². The van der Waals surface area contributed by atoms with E-state index in [1.54, 1.807) is 0 Å². The van der Waals surface area contributed by atoms with Crippen molar-refractivity contribution in [1.29, 1.82) is 0 Å². The maximum Gasteiger partial charge on any atom is 0.194 e. The highest BCUT2D eigenvalue weighted by molar-refractivity contribution is 9.11. The maximum atomic E-state index is 12.8. The Kier molecular flexibility index (Phi) is 4.08. The predicted octanol–water partition coefficient (Wildman–Crippen LogP) is 5.71. The summed E-state index contributed by atoms with van der Waals surface area (Å²) in [5.74, 6) is 0.654. The lowest BCUT2D eigenvalue weighted by Gasteiger charge is -2.27. The monoisotopic (exact) mass is 392 g/mol. The Morgan fingerprint density at radius 1 is 1.00 bits per heavy atom. The molecule has 1 saturated carbocycles. The van der Waals surface area contributed by atoms with Crippen molar-refractivity contribution in [1.82, 2.24) is 0 Å². The Bertz CT molecular complexity index is 660. The Balaban J connectivity index is 2.04. The number of carbonyl (C=O) groups excluding carboxylic acids is 1. The van der Waals surface area contributed by atoms with Gasteiger partial charge in [-0.1, -0.05) is 62.5 Å². The van der Waals surface area contributed by atoms with Crippen molar-refractivity contribution in [3.05, 3.63) is 68.1 Å². The van der Waals surface area contributed by atoms with Crippen LogP contribution in [0.4, 0.5) is 0 Å². The van der Waals surface area contributed by atoms with Crippen LogP contribution in [0, 0.1) is 0 Å². The summed E-state index contributed by atoms with van der Waals surface area (Å²) in [4.78, 5) is 12.8. The molecule has 0 aliphatic heterocycles. The molecule has 0 aromatic heterocycles. The molecule has 1 aliphatic rings. The van der Waals surface area contributed by atoms with Crippen molar-refractivity contribution in [3.8, 4) is 0 Å². The Morgan fingerprint density at radius 3 is 2.45 bits per heavy atom. The van der Waals surface area contributed by atoms with Gasteiger partial charge >= 0.3 is 0 Å². The molecule has 0 unspecified atom stereocenters. The summed E-state index contributed by atoms with van der Waals surface area (Å²) in [7, 11) is 0. The van der Waals surface area contributed by atoms with Gasteiger partial charge in [0.05, 0.1) is 0 Å². The van der Waals surface area contributed by atoms with E-state index >= 15 is 0 Å². The fourth-order valence-corrected chi connectivity index (χ4v) is 3.38. The van der Waals surface area contributed by atoms with Crippen LogP contribution < -0.4 is 0 Å². The van der Waals surface area contributed by atoms with Gasteiger partial charge in [0.1, 0.15) is 0 Å². The van der Waals surface area contributed by atoms with E-state index in [4.69, 9.17) is 0 Å². The molecule has 3 rings (SSSR count). The van der Waals surface area contributed by atoms with E-state index in [-0.39, 0.29) is 5.78 Å². The third-order valence-corrected chi connectivity index (χ3v) is 5.11. The molecule has 1 nitrogen and oxygen atoms in total. The first-order chi connectivity index (χ1) is 9.66. The molecule has 0 heterocycles. The molecule has 0 radical (unpaired) electrons. The van der Waals surface area contributed by atoms with E-state index in [1.807, 2.05) is 36.4 Å². The van der Waals surface area contributed by atoms with Crippen molar-refractivity contribution in [2.45, 2.75) is 25.2 Å². The quantitative estimate of drug-likeness (QED) is 0.610. The molecule has 0 spiro atoms. The van der Waals surface area contributed by atoms with Crippen LogP contribution in [0.25, 0.3) is 0 Å². The average Bonchev–Trinajstić information content (AvgIpc) is 2.39. The molecule has 102 valence electrons. The zero-order valence-electron chi connectivity index (χ0n) is 10.9. The van der Waals surface area contributed by atoms with Crippen molar-refractivity contribution in [3.63, 3.8) is 0 Å². The molecule has 0 atom stereocenters. The summed E-state index contributed by atoms with van der Waals surface area (Å²) < 4.78 is 1.76. The highest BCUT2D eigenvalue weighted by atomic mass is 79.9. The second kappa shape index (κ2) is 5.82. The van der Waals surface area contributed by atoms with Gasteiger partial charge < -0.3 is 0 Å². The maximum absolute atomic E-state index is 12.8. The standard InChI is InChI=1S/C17H14Br2O/c18-12-8-9-16(19)15(10-12)17(20)14-7-2-1-6-13(14)11-4-3-5-11/h1-2,6-11H,3-5H2. The van der Waals surface area contributed by atoms with E-state index in [2.05, 4.69) is 37.9 Å². The largest absolute Gasteiger partial charge is 0.289 e. The zero-order valence-corrected chi connectivity index (χ0v) is 14.1. The molecule has 0 saturated heterocycles. The van der Waals surface area contributed by atoms with Crippen LogP contribution in [0.3, 0.4) is 0 Å². The van der Waals surface area contributed by atoms with Crippen LogP contribution in [-0.4, -0.2) is 5.78 Å². The second-order valence-electron chi connectivity index (χ2n) is 5.17.